The van der Waals surface area contributed by atoms with E-state index in [1.165, 1.54) is 3.97 Å². The van der Waals surface area contributed by atoms with Gasteiger partial charge < -0.3 is 4.42 Å². The van der Waals surface area contributed by atoms with Gasteiger partial charge >= 0.3 is 0 Å². The highest BCUT2D eigenvalue weighted by Gasteiger charge is 2.31. The van der Waals surface area contributed by atoms with Crippen molar-refractivity contribution in [2.75, 3.05) is 0 Å². The number of rotatable bonds is 6. The molecular formula is C30H35NO4S. The van der Waals surface area contributed by atoms with Crippen molar-refractivity contribution in [3.63, 3.8) is 0 Å². The van der Waals surface area contributed by atoms with Crippen LogP contribution >= 0.6 is 0 Å². The predicted octanol–water partition coefficient (Wildman–Crippen LogP) is 7.29. The number of fused-ring (bicyclic) bond motifs is 1. The molecule has 4 rings (SSSR count). The Labute approximate surface area is 214 Å². The van der Waals surface area contributed by atoms with Gasteiger partial charge in [-0.25, -0.2) is 12.4 Å². The predicted molar refractivity (Wildman–Crippen MR) is 145 cm³/mol. The van der Waals surface area contributed by atoms with E-state index in [-0.39, 0.29) is 28.9 Å². The van der Waals surface area contributed by atoms with E-state index in [0.29, 0.717) is 17.0 Å². The lowest BCUT2D eigenvalue weighted by atomic mass is 9.87. The van der Waals surface area contributed by atoms with Crippen molar-refractivity contribution in [3.05, 3.63) is 77.7 Å². The topological polar surface area (TPSA) is 69.3 Å². The Bertz CT molecular complexity index is 1520. The smallest absolute Gasteiger partial charge is 0.268 e. The minimum atomic E-state index is -3.94. The Morgan fingerprint density at radius 3 is 2.11 bits per heavy atom. The molecule has 0 bridgehead atoms. The zero-order chi connectivity index (χ0) is 26.5. The normalized spacial score (nSPS) is 12.9. The summed E-state index contributed by atoms with van der Waals surface area (Å²) in [4.78, 5) is 13.1. The molecule has 6 heteroatoms. The third-order valence-electron chi connectivity index (χ3n) is 6.50. The minimum absolute atomic E-state index is 0.0767. The van der Waals surface area contributed by atoms with Gasteiger partial charge in [0.2, 0.25) is 0 Å². The van der Waals surface area contributed by atoms with Gasteiger partial charge in [0, 0.05) is 33.9 Å². The molecule has 0 radical (unpaired) electrons. The van der Waals surface area contributed by atoms with Gasteiger partial charge in [0.05, 0.1) is 10.4 Å². The van der Waals surface area contributed by atoms with Gasteiger partial charge in [0.1, 0.15) is 17.3 Å². The third kappa shape index (κ3) is 4.79. The molecule has 4 aromatic rings. The number of ketones is 1. The summed E-state index contributed by atoms with van der Waals surface area (Å²) < 4.78 is 35.9. The number of carbonyl (C=O) groups excluding carboxylic acids is 1. The number of para-hydroxylation sites is 1. The highest BCUT2D eigenvalue weighted by molar-refractivity contribution is 7.90. The Morgan fingerprint density at radius 1 is 0.889 bits per heavy atom. The first-order valence-corrected chi connectivity index (χ1v) is 13.7. The fraction of sp³-hybridized carbons (Fsp3) is 0.367. The van der Waals surface area contributed by atoms with E-state index in [2.05, 4.69) is 20.8 Å². The lowest BCUT2D eigenvalue weighted by molar-refractivity contribution is -0.126. The fourth-order valence-electron chi connectivity index (χ4n) is 4.34. The average molecular weight is 506 g/mol. The number of Topliss-reactive ketones (excluding diaryl/α,β-unsaturated/α-hetero) is 1. The van der Waals surface area contributed by atoms with Gasteiger partial charge in [-0.15, -0.1) is 0 Å². The molecule has 0 saturated heterocycles. The van der Waals surface area contributed by atoms with Crippen LogP contribution in [0.15, 0.2) is 70.0 Å². The lowest BCUT2D eigenvalue weighted by Gasteiger charge is -2.18. The molecule has 0 spiro atoms. The summed E-state index contributed by atoms with van der Waals surface area (Å²) in [6.45, 7) is 13.8. The molecule has 2 aromatic carbocycles. The van der Waals surface area contributed by atoms with Crippen LogP contribution in [0, 0.1) is 12.3 Å². The van der Waals surface area contributed by atoms with Crippen molar-refractivity contribution < 1.29 is 17.6 Å². The van der Waals surface area contributed by atoms with Crippen LogP contribution in [-0.4, -0.2) is 18.2 Å². The molecule has 0 aliphatic rings. The van der Waals surface area contributed by atoms with E-state index in [1.807, 2.05) is 64.1 Å². The second kappa shape index (κ2) is 9.07. The molecule has 0 saturated carbocycles. The van der Waals surface area contributed by atoms with Crippen molar-refractivity contribution in [1.29, 1.82) is 0 Å². The van der Waals surface area contributed by atoms with E-state index in [1.54, 1.807) is 24.3 Å². The number of hydrogen-bond acceptors (Lipinski definition) is 4. The number of aryl methyl sites for hydroxylation is 1. The quantitative estimate of drug-likeness (QED) is 0.276. The molecule has 5 nitrogen and oxygen atoms in total. The van der Waals surface area contributed by atoms with Crippen molar-refractivity contribution >= 4 is 26.7 Å². The summed E-state index contributed by atoms with van der Waals surface area (Å²) in [5.41, 5.74) is 2.11. The fourth-order valence-corrected chi connectivity index (χ4v) is 5.92. The molecule has 0 amide bonds. The second-order valence-electron chi connectivity index (χ2n) is 11.5. The van der Waals surface area contributed by atoms with Gasteiger partial charge in [-0.1, -0.05) is 77.4 Å². The van der Waals surface area contributed by atoms with Crippen molar-refractivity contribution in [2.24, 2.45) is 5.41 Å². The van der Waals surface area contributed by atoms with Crippen LogP contribution in [0.4, 0.5) is 0 Å². The van der Waals surface area contributed by atoms with Crippen molar-refractivity contribution in [3.8, 4) is 11.3 Å². The highest BCUT2D eigenvalue weighted by Crippen LogP contribution is 2.40. The summed E-state index contributed by atoms with van der Waals surface area (Å²) in [5.74, 6) is 1.49. The van der Waals surface area contributed by atoms with E-state index < -0.39 is 15.4 Å². The Kier molecular flexibility index (Phi) is 6.54. The number of nitrogens with zero attached hydrogens (tertiary/aromatic N) is 1. The first-order chi connectivity index (χ1) is 16.7. The van der Waals surface area contributed by atoms with Crippen LogP contribution in [0.25, 0.3) is 22.2 Å². The number of hydrogen-bond donors (Lipinski definition) is 0. The molecular weight excluding hydrogens is 470 g/mol. The second-order valence-corrected chi connectivity index (χ2v) is 13.3. The molecule has 2 aromatic heterocycles. The summed E-state index contributed by atoms with van der Waals surface area (Å²) in [6.07, 6.45) is 0.500. The van der Waals surface area contributed by atoms with Crippen LogP contribution in [-0.2, 0) is 26.7 Å². The Hall–Kier alpha value is -3.12. The number of aromatic nitrogens is 1. The minimum Gasteiger partial charge on any atom is -0.460 e. The summed E-state index contributed by atoms with van der Waals surface area (Å²) in [5, 5.41) is 0.779. The van der Waals surface area contributed by atoms with Crippen LogP contribution in [0.3, 0.4) is 0 Å². The molecule has 0 N–H and O–H groups in total. The van der Waals surface area contributed by atoms with Gasteiger partial charge in [-0.2, -0.15) is 0 Å². The number of carbonyl (C=O) groups is 1. The van der Waals surface area contributed by atoms with Crippen LogP contribution < -0.4 is 0 Å². The molecule has 0 atom stereocenters. The lowest BCUT2D eigenvalue weighted by Crippen LogP contribution is -2.22. The largest absolute Gasteiger partial charge is 0.460 e. The van der Waals surface area contributed by atoms with Gasteiger partial charge in [0.15, 0.2) is 0 Å². The Morgan fingerprint density at radius 2 is 1.53 bits per heavy atom. The van der Waals surface area contributed by atoms with E-state index >= 15 is 0 Å². The molecule has 0 fully saturated rings. The van der Waals surface area contributed by atoms with E-state index in [4.69, 9.17) is 4.42 Å². The van der Waals surface area contributed by atoms with Crippen molar-refractivity contribution in [1.82, 2.24) is 3.97 Å². The van der Waals surface area contributed by atoms with Gasteiger partial charge in [0.25, 0.3) is 10.0 Å². The number of furan rings is 1. The SMILES string of the molecule is Cc1ccc(S(=O)(=O)n2c(CCC(=O)C(C)(C)C)c(-c3ccc(C(C)(C)C)o3)c3ccccc32)cc1. The summed E-state index contributed by atoms with van der Waals surface area (Å²) in [7, 11) is -3.94. The number of benzene rings is 2. The molecule has 190 valence electrons. The molecule has 0 unspecified atom stereocenters. The third-order valence-corrected chi connectivity index (χ3v) is 8.27. The summed E-state index contributed by atoms with van der Waals surface area (Å²) >= 11 is 0. The average Bonchev–Trinajstić information content (AvgIpc) is 3.39. The molecule has 0 aliphatic heterocycles. The van der Waals surface area contributed by atoms with Gasteiger partial charge in [-0.3, -0.25) is 4.79 Å². The van der Waals surface area contributed by atoms with E-state index in [0.717, 1.165) is 22.3 Å². The monoisotopic (exact) mass is 505 g/mol. The van der Waals surface area contributed by atoms with Crippen LogP contribution in [0.5, 0.6) is 0 Å². The Balaban J connectivity index is 2.01. The van der Waals surface area contributed by atoms with Crippen LogP contribution in [0.2, 0.25) is 0 Å². The maximum atomic E-state index is 14.1. The van der Waals surface area contributed by atoms with E-state index in [9.17, 15) is 13.2 Å². The highest BCUT2D eigenvalue weighted by atomic mass is 32.2. The van der Waals surface area contributed by atoms with Gasteiger partial charge in [-0.05, 0) is 43.7 Å². The molecule has 2 heterocycles. The standard InChI is InChI=1S/C30H35NO4S/c1-20-12-14-21(15-13-20)36(33,34)31-23-11-9-8-10-22(23)28(24(31)16-18-26(32)29(2,3)4)25-17-19-27(35-25)30(5,6)7/h8-15,17,19H,16,18H2,1-7H3. The zero-order valence-corrected chi connectivity index (χ0v) is 23.0. The first-order valence-electron chi connectivity index (χ1n) is 12.3. The van der Waals surface area contributed by atoms with Crippen molar-refractivity contribution in [2.45, 2.75) is 71.6 Å². The first kappa shape index (κ1) is 26.0. The maximum absolute atomic E-state index is 14.1. The maximum Gasteiger partial charge on any atom is 0.268 e. The van der Waals surface area contributed by atoms with Crippen LogP contribution in [0.1, 0.15) is 65.0 Å². The summed E-state index contributed by atoms with van der Waals surface area (Å²) in [6, 6.07) is 18.2. The molecule has 0 aliphatic carbocycles. The zero-order valence-electron chi connectivity index (χ0n) is 22.2. The molecule has 36 heavy (non-hydrogen) atoms.